The summed E-state index contributed by atoms with van der Waals surface area (Å²) in [7, 11) is 0. The van der Waals surface area contributed by atoms with E-state index < -0.39 is 5.91 Å². The van der Waals surface area contributed by atoms with Crippen LogP contribution in [0.25, 0.3) is 16.4 Å². The number of hydrogen-bond acceptors (Lipinski definition) is 10. The molecule has 0 saturated carbocycles. The quantitative estimate of drug-likeness (QED) is 0.339. The van der Waals surface area contributed by atoms with Crippen molar-refractivity contribution in [1.29, 1.82) is 0 Å². The third kappa shape index (κ3) is 3.75. The molecule has 0 aliphatic rings. The number of nitrogens with one attached hydrogen (secondary N) is 1. The molecule has 0 fully saturated rings. The Balaban J connectivity index is 1.62. The zero-order valence-electron chi connectivity index (χ0n) is 15.7. The molecule has 0 aliphatic carbocycles. The zero-order valence-corrected chi connectivity index (χ0v) is 16.5. The number of carbonyl (C=O) groups excluding carboxylic acids is 1. The number of rotatable bonds is 7. The second-order valence-corrected chi connectivity index (χ2v) is 6.77. The van der Waals surface area contributed by atoms with Gasteiger partial charge in [-0.2, -0.15) is 9.78 Å². The fraction of sp³-hybridized carbons (Fsp3) is 0.111. The van der Waals surface area contributed by atoms with Crippen LogP contribution >= 0.6 is 11.3 Å². The van der Waals surface area contributed by atoms with Gasteiger partial charge in [0.1, 0.15) is 11.4 Å². The molecule has 3 heterocycles. The van der Waals surface area contributed by atoms with Crippen molar-refractivity contribution in [2.45, 2.75) is 6.92 Å². The van der Waals surface area contributed by atoms with Crippen molar-refractivity contribution < 1.29 is 14.2 Å². The first-order valence-corrected chi connectivity index (χ1v) is 9.70. The lowest BCUT2D eigenvalue weighted by atomic mass is 10.2. The molecule has 152 valence electrons. The van der Waals surface area contributed by atoms with E-state index in [9.17, 15) is 4.79 Å². The molecule has 0 bridgehead atoms. The van der Waals surface area contributed by atoms with Gasteiger partial charge in [0, 0.05) is 5.56 Å². The number of nitrogens with zero attached hydrogens (tertiary/aromatic N) is 6. The Labute approximate surface area is 174 Å². The highest BCUT2D eigenvalue weighted by atomic mass is 32.1. The fourth-order valence-electron chi connectivity index (χ4n) is 2.64. The second kappa shape index (κ2) is 8.53. The first kappa shape index (κ1) is 19.3. The van der Waals surface area contributed by atoms with Crippen molar-refractivity contribution in [2.24, 2.45) is 5.10 Å². The number of hydrazone groups is 1. The molecule has 3 aromatic heterocycles. The van der Waals surface area contributed by atoms with E-state index in [-0.39, 0.29) is 17.3 Å². The number of hydrogen-bond donors (Lipinski definition) is 2. The van der Waals surface area contributed by atoms with Crippen LogP contribution in [0.5, 0.6) is 5.75 Å². The fourth-order valence-corrected chi connectivity index (χ4v) is 3.40. The molecule has 12 heteroatoms. The molecule has 1 aromatic carbocycles. The summed E-state index contributed by atoms with van der Waals surface area (Å²) in [5.74, 6) is 0.274. The Morgan fingerprint density at radius 3 is 2.93 bits per heavy atom. The molecule has 30 heavy (non-hydrogen) atoms. The summed E-state index contributed by atoms with van der Waals surface area (Å²) in [4.78, 5) is 13.5. The summed E-state index contributed by atoms with van der Waals surface area (Å²) in [6.07, 6.45) is 1.50. The molecule has 0 aliphatic heterocycles. The number of thiophene rings is 1. The van der Waals surface area contributed by atoms with E-state index in [2.05, 4.69) is 35.8 Å². The highest BCUT2D eigenvalue weighted by Gasteiger charge is 2.25. The number of benzene rings is 1. The van der Waals surface area contributed by atoms with Gasteiger partial charge in [-0.1, -0.05) is 23.4 Å². The molecule has 4 rings (SSSR count). The van der Waals surface area contributed by atoms with E-state index in [1.54, 1.807) is 0 Å². The molecule has 4 aromatic rings. The third-order valence-electron chi connectivity index (χ3n) is 3.92. The Bertz CT molecular complexity index is 1180. The summed E-state index contributed by atoms with van der Waals surface area (Å²) in [6, 6.07) is 11.0. The number of aromatic nitrogens is 5. The van der Waals surface area contributed by atoms with Crippen LogP contribution in [0.3, 0.4) is 0 Å². The van der Waals surface area contributed by atoms with Crippen molar-refractivity contribution in [3.8, 4) is 22.1 Å². The van der Waals surface area contributed by atoms with Crippen molar-refractivity contribution in [3.05, 3.63) is 53.0 Å². The molecule has 1 amide bonds. The van der Waals surface area contributed by atoms with Crippen LogP contribution in [-0.4, -0.2) is 44.0 Å². The monoisotopic (exact) mass is 424 g/mol. The molecule has 0 radical (unpaired) electrons. The number of ether oxygens (including phenoxy) is 1. The maximum atomic E-state index is 12.8. The van der Waals surface area contributed by atoms with Gasteiger partial charge in [-0.3, -0.25) is 4.79 Å². The van der Waals surface area contributed by atoms with Crippen molar-refractivity contribution in [3.63, 3.8) is 0 Å². The minimum absolute atomic E-state index is 0.0233. The third-order valence-corrected chi connectivity index (χ3v) is 4.80. The van der Waals surface area contributed by atoms with Crippen molar-refractivity contribution >= 4 is 29.3 Å². The number of amides is 1. The first-order chi connectivity index (χ1) is 14.7. The van der Waals surface area contributed by atoms with Crippen LogP contribution < -0.4 is 15.9 Å². The average Bonchev–Trinajstić information content (AvgIpc) is 3.49. The molecule has 0 unspecified atom stereocenters. The predicted molar refractivity (Wildman–Crippen MR) is 110 cm³/mol. The van der Waals surface area contributed by atoms with E-state index in [1.165, 1.54) is 22.2 Å². The maximum absolute atomic E-state index is 12.8. The number of para-hydroxylation sites is 1. The molecular formula is C18H16N8O3S. The average molecular weight is 424 g/mol. The van der Waals surface area contributed by atoms with Gasteiger partial charge >= 0.3 is 0 Å². The highest BCUT2D eigenvalue weighted by molar-refractivity contribution is 7.13. The van der Waals surface area contributed by atoms with Gasteiger partial charge in [-0.25, -0.2) is 10.1 Å². The normalized spacial score (nSPS) is 11.1. The minimum atomic E-state index is -0.551. The summed E-state index contributed by atoms with van der Waals surface area (Å²) >= 11 is 1.40. The van der Waals surface area contributed by atoms with Gasteiger partial charge < -0.3 is 10.5 Å². The van der Waals surface area contributed by atoms with E-state index >= 15 is 0 Å². The van der Waals surface area contributed by atoms with Crippen LogP contribution in [0.2, 0.25) is 0 Å². The summed E-state index contributed by atoms with van der Waals surface area (Å²) in [5.41, 5.74) is 9.41. The molecule has 0 saturated heterocycles. The Morgan fingerprint density at radius 2 is 2.20 bits per heavy atom. The van der Waals surface area contributed by atoms with Crippen LogP contribution in [0.4, 0.5) is 5.82 Å². The second-order valence-electron chi connectivity index (χ2n) is 5.82. The van der Waals surface area contributed by atoms with Crippen LogP contribution in [0.15, 0.2) is 51.5 Å². The Morgan fingerprint density at radius 1 is 1.33 bits per heavy atom. The number of nitrogen functional groups attached to an aromatic ring is 1. The largest absolute Gasteiger partial charge is 0.493 e. The predicted octanol–water partition coefficient (Wildman–Crippen LogP) is 2.12. The Hall–Kier alpha value is -4.06. The molecule has 0 spiro atoms. The van der Waals surface area contributed by atoms with Gasteiger partial charge in [0.2, 0.25) is 11.6 Å². The van der Waals surface area contributed by atoms with Gasteiger partial charge in [0.15, 0.2) is 5.69 Å². The highest BCUT2D eigenvalue weighted by Crippen LogP contribution is 2.29. The van der Waals surface area contributed by atoms with Gasteiger partial charge in [0.05, 0.1) is 17.7 Å². The SMILES string of the molecule is CCOc1ccccc1/C=N\NC(=O)c1nnn(-c2nonc2N)c1-c1cccs1. The molecule has 0 atom stereocenters. The van der Waals surface area contributed by atoms with E-state index in [0.717, 1.165) is 10.4 Å². The van der Waals surface area contributed by atoms with Crippen LogP contribution in [0, 0.1) is 0 Å². The van der Waals surface area contributed by atoms with Gasteiger partial charge in [-0.05, 0) is 40.8 Å². The van der Waals surface area contributed by atoms with Crippen molar-refractivity contribution in [2.75, 3.05) is 12.3 Å². The smallest absolute Gasteiger partial charge is 0.294 e. The molecule has 11 nitrogen and oxygen atoms in total. The lowest BCUT2D eigenvalue weighted by Crippen LogP contribution is -2.19. The van der Waals surface area contributed by atoms with E-state index in [1.807, 2.05) is 48.7 Å². The number of nitrogens with two attached hydrogens (primary N) is 1. The summed E-state index contributed by atoms with van der Waals surface area (Å²) in [6.45, 7) is 2.41. The van der Waals surface area contributed by atoms with Gasteiger partial charge in [0.25, 0.3) is 5.91 Å². The zero-order chi connectivity index (χ0) is 20.9. The standard InChI is InChI=1S/C18H16N8O3S/c1-2-28-12-7-4-3-6-11(12)10-20-22-18(27)14-15(13-8-5-9-30-13)26(25-21-14)17-16(19)23-29-24-17/h3-10H,2H2,1H3,(H2,19,23)(H,22,27)/b20-10-. The lowest BCUT2D eigenvalue weighted by molar-refractivity contribution is 0.0950. The Kier molecular flexibility index (Phi) is 5.48. The van der Waals surface area contributed by atoms with Gasteiger partial charge in [-0.15, -0.1) is 16.4 Å². The van der Waals surface area contributed by atoms with Crippen molar-refractivity contribution in [1.82, 2.24) is 30.7 Å². The summed E-state index contributed by atoms with van der Waals surface area (Å²) < 4.78 is 11.5. The van der Waals surface area contributed by atoms with Crippen LogP contribution in [-0.2, 0) is 0 Å². The van der Waals surface area contributed by atoms with E-state index in [4.69, 9.17) is 10.5 Å². The first-order valence-electron chi connectivity index (χ1n) is 8.82. The van der Waals surface area contributed by atoms with Crippen LogP contribution in [0.1, 0.15) is 23.0 Å². The van der Waals surface area contributed by atoms with E-state index in [0.29, 0.717) is 18.1 Å². The number of carbonyl (C=O) groups is 1. The lowest BCUT2D eigenvalue weighted by Gasteiger charge is -2.06. The molecule has 3 N–H and O–H groups in total. The number of anilines is 1. The summed E-state index contributed by atoms with van der Waals surface area (Å²) in [5, 5.41) is 21.2. The molecular weight excluding hydrogens is 408 g/mol. The topological polar surface area (TPSA) is 146 Å². The minimum Gasteiger partial charge on any atom is -0.493 e. The maximum Gasteiger partial charge on any atom is 0.294 e.